The zero-order chi connectivity index (χ0) is 13.2. The number of fused-ring (bicyclic) bond motifs is 1. The molecule has 1 aromatic heterocycles. The minimum atomic E-state index is 0.459. The highest BCUT2D eigenvalue weighted by Crippen LogP contribution is 2.34. The van der Waals surface area contributed by atoms with Gasteiger partial charge in [-0.05, 0) is 37.7 Å². The molecule has 5 heteroatoms. The van der Waals surface area contributed by atoms with Crippen molar-refractivity contribution in [2.75, 3.05) is 23.8 Å². The second kappa shape index (κ2) is 5.33. The maximum atomic E-state index is 6.14. The van der Waals surface area contributed by atoms with Crippen molar-refractivity contribution in [1.29, 1.82) is 0 Å². The maximum Gasteiger partial charge on any atom is 0.201 e. The maximum absolute atomic E-state index is 6.14. The SMILES string of the molecule is CCOc1cccc2c1nc(N)n2C1CCCSC1. The number of thioether (sulfide) groups is 1. The Balaban J connectivity index is 2.08. The number of aromatic nitrogens is 2. The Morgan fingerprint density at radius 2 is 2.42 bits per heavy atom. The lowest BCUT2D eigenvalue weighted by Gasteiger charge is -2.24. The largest absolute Gasteiger partial charge is 0.492 e. The van der Waals surface area contributed by atoms with E-state index in [1.165, 1.54) is 18.6 Å². The van der Waals surface area contributed by atoms with Crippen LogP contribution in [0.15, 0.2) is 18.2 Å². The van der Waals surface area contributed by atoms with Crippen molar-refractivity contribution in [3.05, 3.63) is 18.2 Å². The van der Waals surface area contributed by atoms with E-state index in [-0.39, 0.29) is 0 Å². The summed E-state index contributed by atoms with van der Waals surface area (Å²) >= 11 is 2.00. The van der Waals surface area contributed by atoms with E-state index >= 15 is 0 Å². The summed E-state index contributed by atoms with van der Waals surface area (Å²) in [5.74, 6) is 3.81. The Bertz CT molecular complexity index is 575. The first-order valence-corrected chi connectivity index (χ1v) is 7.93. The van der Waals surface area contributed by atoms with Gasteiger partial charge in [0, 0.05) is 11.8 Å². The molecule has 1 atom stereocenters. The normalized spacial score (nSPS) is 19.7. The van der Waals surface area contributed by atoms with Crippen molar-refractivity contribution in [2.45, 2.75) is 25.8 Å². The van der Waals surface area contributed by atoms with Gasteiger partial charge in [0.2, 0.25) is 5.95 Å². The average molecular weight is 277 g/mol. The quantitative estimate of drug-likeness (QED) is 0.936. The lowest BCUT2D eigenvalue weighted by molar-refractivity contribution is 0.343. The topological polar surface area (TPSA) is 53.1 Å². The Morgan fingerprint density at radius 3 is 3.16 bits per heavy atom. The van der Waals surface area contributed by atoms with Crippen LogP contribution in [0.3, 0.4) is 0 Å². The van der Waals surface area contributed by atoms with Crippen molar-refractivity contribution in [2.24, 2.45) is 0 Å². The van der Waals surface area contributed by atoms with Gasteiger partial charge in [-0.2, -0.15) is 11.8 Å². The van der Waals surface area contributed by atoms with Gasteiger partial charge in [-0.1, -0.05) is 6.07 Å². The summed E-state index contributed by atoms with van der Waals surface area (Å²) in [6, 6.07) is 6.51. The molecule has 0 aliphatic carbocycles. The van der Waals surface area contributed by atoms with Crippen molar-refractivity contribution < 1.29 is 4.74 Å². The zero-order valence-corrected chi connectivity index (χ0v) is 11.9. The first kappa shape index (κ1) is 12.7. The number of para-hydroxylation sites is 1. The van der Waals surface area contributed by atoms with Crippen LogP contribution in [0.5, 0.6) is 5.75 Å². The summed E-state index contributed by atoms with van der Waals surface area (Å²) in [5.41, 5.74) is 8.12. The van der Waals surface area contributed by atoms with E-state index in [1.807, 2.05) is 30.8 Å². The molecule has 0 bridgehead atoms. The molecule has 4 nitrogen and oxygen atoms in total. The molecular formula is C14H19N3OS. The molecule has 2 N–H and O–H groups in total. The van der Waals surface area contributed by atoms with E-state index in [0.29, 0.717) is 18.6 Å². The first-order valence-electron chi connectivity index (χ1n) is 6.78. The summed E-state index contributed by atoms with van der Waals surface area (Å²) in [6.45, 7) is 2.63. The molecule has 1 aliphatic rings. The molecule has 3 rings (SSSR count). The lowest BCUT2D eigenvalue weighted by atomic mass is 10.1. The van der Waals surface area contributed by atoms with Crippen molar-refractivity contribution in [3.63, 3.8) is 0 Å². The minimum absolute atomic E-state index is 0.459. The van der Waals surface area contributed by atoms with Crippen LogP contribution in [0, 0.1) is 0 Å². The molecular weight excluding hydrogens is 258 g/mol. The summed E-state index contributed by atoms with van der Waals surface area (Å²) in [4.78, 5) is 4.51. The molecule has 1 saturated heterocycles. The number of ether oxygens (including phenoxy) is 1. The number of nitrogens with two attached hydrogens (primary N) is 1. The minimum Gasteiger partial charge on any atom is -0.492 e. The lowest BCUT2D eigenvalue weighted by Crippen LogP contribution is -2.17. The highest BCUT2D eigenvalue weighted by molar-refractivity contribution is 7.99. The third kappa shape index (κ3) is 2.27. The van der Waals surface area contributed by atoms with Crippen LogP contribution < -0.4 is 10.5 Å². The van der Waals surface area contributed by atoms with Gasteiger partial charge < -0.3 is 15.0 Å². The summed E-state index contributed by atoms with van der Waals surface area (Å²) in [7, 11) is 0. The number of anilines is 1. The van der Waals surface area contributed by atoms with Crippen LogP contribution in [-0.4, -0.2) is 27.7 Å². The molecule has 0 amide bonds. The van der Waals surface area contributed by atoms with Gasteiger partial charge in [-0.3, -0.25) is 0 Å². The van der Waals surface area contributed by atoms with Crippen molar-refractivity contribution >= 4 is 28.7 Å². The van der Waals surface area contributed by atoms with E-state index in [1.54, 1.807) is 0 Å². The van der Waals surface area contributed by atoms with Gasteiger partial charge in [0.25, 0.3) is 0 Å². The van der Waals surface area contributed by atoms with E-state index in [0.717, 1.165) is 22.5 Å². The predicted octanol–water partition coefficient (Wildman–Crippen LogP) is 3.09. The third-order valence-electron chi connectivity index (χ3n) is 3.51. The summed E-state index contributed by atoms with van der Waals surface area (Å²) in [5, 5.41) is 0. The van der Waals surface area contributed by atoms with Gasteiger partial charge in [0.1, 0.15) is 11.3 Å². The highest BCUT2D eigenvalue weighted by atomic mass is 32.2. The van der Waals surface area contributed by atoms with Crippen LogP contribution in [0.1, 0.15) is 25.8 Å². The molecule has 0 spiro atoms. The fourth-order valence-electron chi connectivity index (χ4n) is 2.69. The van der Waals surface area contributed by atoms with Gasteiger partial charge >= 0.3 is 0 Å². The number of hydrogen-bond acceptors (Lipinski definition) is 4. The fourth-order valence-corrected chi connectivity index (χ4v) is 3.82. The Hall–Kier alpha value is -1.36. The molecule has 1 fully saturated rings. The molecule has 1 unspecified atom stereocenters. The van der Waals surface area contributed by atoms with Gasteiger partial charge in [0.05, 0.1) is 12.1 Å². The van der Waals surface area contributed by atoms with E-state index in [9.17, 15) is 0 Å². The molecule has 102 valence electrons. The zero-order valence-electron chi connectivity index (χ0n) is 11.1. The monoisotopic (exact) mass is 277 g/mol. The number of nitrogen functional groups attached to an aromatic ring is 1. The molecule has 19 heavy (non-hydrogen) atoms. The van der Waals surface area contributed by atoms with Crippen molar-refractivity contribution in [3.8, 4) is 5.75 Å². The first-order chi connectivity index (χ1) is 9.31. The summed E-state index contributed by atoms with van der Waals surface area (Å²) in [6.07, 6.45) is 2.43. The number of rotatable bonds is 3. The number of nitrogens with zero attached hydrogens (tertiary/aromatic N) is 2. The number of imidazole rings is 1. The summed E-state index contributed by atoms with van der Waals surface area (Å²) < 4.78 is 7.82. The van der Waals surface area contributed by atoms with Gasteiger partial charge in [-0.25, -0.2) is 4.98 Å². The van der Waals surface area contributed by atoms with Crippen LogP contribution >= 0.6 is 11.8 Å². The Morgan fingerprint density at radius 1 is 1.53 bits per heavy atom. The number of hydrogen-bond donors (Lipinski definition) is 1. The van der Waals surface area contributed by atoms with E-state index in [2.05, 4.69) is 15.6 Å². The van der Waals surface area contributed by atoms with Crippen LogP contribution in [0.25, 0.3) is 11.0 Å². The second-order valence-electron chi connectivity index (χ2n) is 4.77. The average Bonchev–Trinajstić information content (AvgIpc) is 2.77. The molecule has 0 saturated carbocycles. The van der Waals surface area contributed by atoms with E-state index in [4.69, 9.17) is 10.5 Å². The smallest absolute Gasteiger partial charge is 0.201 e. The molecule has 1 aliphatic heterocycles. The molecule has 1 aromatic carbocycles. The van der Waals surface area contributed by atoms with Gasteiger partial charge in [-0.15, -0.1) is 0 Å². The fraction of sp³-hybridized carbons (Fsp3) is 0.500. The molecule has 2 heterocycles. The second-order valence-corrected chi connectivity index (χ2v) is 5.92. The number of benzene rings is 1. The van der Waals surface area contributed by atoms with Crippen LogP contribution in [0.4, 0.5) is 5.95 Å². The van der Waals surface area contributed by atoms with Crippen LogP contribution in [0.2, 0.25) is 0 Å². The predicted molar refractivity (Wildman–Crippen MR) is 80.9 cm³/mol. The van der Waals surface area contributed by atoms with Gasteiger partial charge in [0.15, 0.2) is 0 Å². The Kier molecular flexibility index (Phi) is 3.55. The van der Waals surface area contributed by atoms with Crippen molar-refractivity contribution in [1.82, 2.24) is 9.55 Å². The highest BCUT2D eigenvalue weighted by Gasteiger charge is 2.21. The standard InChI is InChI=1S/C14H19N3OS/c1-2-18-12-7-3-6-11-13(12)16-14(15)17(11)10-5-4-8-19-9-10/h3,6-7,10H,2,4-5,8-9H2,1H3,(H2,15,16). The molecule has 0 radical (unpaired) electrons. The molecule has 2 aromatic rings. The van der Waals surface area contributed by atoms with Crippen LogP contribution in [-0.2, 0) is 0 Å². The van der Waals surface area contributed by atoms with E-state index < -0.39 is 0 Å². The Labute approximate surface area is 117 Å². The third-order valence-corrected chi connectivity index (χ3v) is 4.71.